The number of rotatable bonds is 3. The topological polar surface area (TPSA) is 78.6 Å². The van der Waals surface area contributed by atoms with E-state index in [9.17, 15) is 8.42 Å². The molecule has 1 aromatic rings. The number of hydrogen-bond donors (Lipinski definition) is 1. The van der Waals surface area contributed by atoms with Crippen molar-refractivity contribution in [2.75, 3.05) is 7.11 Å². The minimum absolute atomic E-state index is 0.119. The molecule has 0 unspecified atom stereocenters. The molecule has 0 heterocycles. The molecule has 1 aromatic carbocycles. The van der Waals surface area contributed by atoms with Gasteiger partial charge in [-0.15, -0.1) is 0 Å². The zero-order chi connectivity index (χ0) is 10.8. The van der Waals surface area contributed by atoms with Crippen LogP contribution in [0.3, 0.4) is 0 Å². The van der Waals surface area contributed by atoms with Crippen molar-refractivity contribution in [1.82, 2.24) is 0 Å². The number of hydrogen-bond acceptors (Lipinski definition) is 4. The normalized spacial score (nSPS) is 11.1. The third-order valence-corrected chi connectivity index (χ3v) is 2.38. The summed E-state index contributed by atoms with van der Waals surface area (Å²) in [5.74, 6) is 0.701. The third kappa shape index (κ3) is 3.17. The molecular weight excluding hydrogens is 274 g/mol. The summed E-state index contributed by atoms with van der Waals surface area (Å²) in [4.78, 5) is 0. The van der Waals surface area contributed by atoms with Gasteiger partial charge in [0.25, 0.3) is 0 Å². The highest BCUT2D eigenvalue weighted by molar-refractivity contribution is 9.10. The van der Waals surface area contributed by atoms with Gasteiger partial charge in [0.2, 0.25) is 0 Å². The molecular formula is C7H8BrNO4S. The van der Waals surface area contributed by atoms with E-state index in [-0.39, 0.29) is 5.75 Å². The van der Waals surface area contributed by atoms with Crippen LogP contribution in [0, 0.1) is 0 Å². The molecule has 0 bridgehead atoms. The van der Waals surface area contributed by atoms with Crippen molar-refractivity contribution in [2.45, 2.75) is 0 Å². The van der Waals surface area contributed by atoms with Crippen molar-refractivity contribution >= 4 is 26.2 Å². The molecule has 0 radical (unpaired) electrons. The third-order valence-electron chi connectivity index (χ3n) is 1.34. The quantitative estimate of drug-likeness (QED) is 0.898. The Bertz CT molecular complexity index is 431. The van der Waals surface area contributed by atoms with Gasteiger partial charge in [0.15, 0.2) is 5.75 Å². The second kappa shape index (κ2) is 4.16. The molecule has 0 aliphatic carbocycles. The van der Waals surface area contributed by atoms with E-state index < -0.39 is 10.3 Å². The Morgan fingerprint density at radius 2 is 2.07 bits per heavy atom. The van der Waals surface area contributed by atoms with Crippen molar-refractivity contribution in [3.05, 3.63) is 22.7 Å². The Morgan fingerprint density at radius 3 is 2.50 bits per heavy atom. The molecule has 0 spiro atoms. The van der Waals surface area contributed by atoms with Crippen LogP contribution >= 0.6 is 15.9 Å². The van der Waals surface area contributed by atoms with E-state index in [0.717, 1.165) is 0 Å². The standard InChI is InChI=1S/C7H8BrNO4S/c1-12-5-2-3-7(6(8)4-5)13-14(9,10)11/h2-4H,1H3,(H2,9,10,11). The van der Waals surface area contributed by atoms with Crippen LogP contribution in [0.4, 0.5) is 0 Å². The summed E-state index contributed by atoms with van der Waals surface area (Å²) >= 11 is 3.12. The molecule has 0 amide bonds. The second-order valence-electron chi connectivity index (χ2n) is 2.37. The van der Waals surface area contributed by atoms with E-state index in [4.69, 9.17) is 9.88 Å². The number of halogens is 1. The van der Waals surface area contributed by atoms with Crippen LogP contribution in [-0.2, 0) is 10.3 Å². The number of methoxy groups -OCH3 is 1. The summed E-state index contributed by atoms with van der Waals surface area (Å²) < 4.78 is 31.1. The minimum atomic E-state index is -3.99. The Morgan fingerprint density at radius 1 is 1.43 bits per heavy atom. The van der Waals surface area contributed by atoms with E-state index >= 15 is 0 Å². The summed E-state index contributed by atoms with van der Waals surface area (Å²) in [6.07, 6.45) is 0. The molecule has 0 aromatic heterocycles. The van der Waals surface area contributed by atoms with E-state index in [2.05, 4.69) is 20.1 Å². The molecule has 5 nitrogen and oxygen atoms in total. The van der Waals surface area contributed by atoms with Crippen LogP contribution in [0.15, 0.2) is 22.7 Å². The summed E-state index contributed by atoms with van der Waals surface area (Å²) in [5.41, 5.74) is 0. The lowest BCUT2D eigenvalue weighted by molar-refractivity contribution is 0.413. The molecule has 2 N–H and O–H groups in total. The van der Waals surface area contributed by atoms with Gasteiger partial charge in [0.1, 0.15) is 5.75 Å². The first-order chi connectivity index (χ1) is 6.42. The fourth-order valence-electron chi connectivity index (χ4n) is 0.801. The van der Waals surface area contributed by atoms with Crippen LogP contribution in [0.5, 0.6) is 11.5 Å². The number of ether oxygens (including phenoxy) is 1. The fourth-order valence-corrected chi connectivity index (χ4v) is 1.74. The molecule has 0 fully saturated rings. The average Bonchev–Trinajstić information content (AvgIpc) is 2.06. The van der Waals surface area contributed by atoms with Gasteiger partial charge >= 0.3 is 10.3 Å². The van der Waals surface area contributed by atoms with E-state index in [1.165, 1.54) is 13.2 Å². The van der Waals surface area contributed by atoms with E-state index in [1.54, 1.807) is 12.1 Å². The molecule has 0 saturated carbocycles. The maximum atomic E-state index is 10.6. The highest BCUT2D eigenvalue weighted by Gasteiger charge is 2.09. The Hall–Kier alpha value is -0.790. The smallest absolute Gasteiger partial charge is 0.380 e. The van der Waals surface area contributed by atoms with Gasteiger partial charge in [-0.1, -0.05) is 0 Å². The monoisotopic (exact) mass is 281 g/mol. The lowest BCUT2D eigenvalue weighted by Gasteiger charge is -2.06. The van der Waals surface area contributed by atoms with Crippen LogP contribution in [0.1, 0.15) is 0 Å². The maximum Gasteiger partial charge on any atom is 0.380 e. The summed E-state index contributed by atoms with van der Waals surface area (Å²) in [6.45, 7) is 0. The lowest BCUT2D eigenvalue weighted by atomic mass is 10.3. The van der Waals surface area contributed by atoms with Gasteiger partial charge in [0, 0.05) is 0 Å². The molecule has 7 heteroatoms. The van der Waals surface area contributed by atoms with Gasteiger partial charge in [-0.05, 0) is 34.1 Å². The highest BCUT2D eigenvalue weighted by atomic mass is 79.9. The Kier molecular flexibility index (Phi) is 3.35. The second-order valence-corrected chi connectivity index (χ2v) is 4.38. The summed E-state index contributed by atoms with van der Waals surface area (Å²) in [6, 6.07) is 4.57. The first kappa shape index (κ1) is 11.3. The minimum Gasteiger partial charge on any atom is -0.497 e. The molecule has 0 aliphatic rings. The summed E-state index contributed by atoms with van der Waals surface area (Å²) in [7, 11) is -2.49. The molecule has 78 valence electrons. The van der Waals surface area contributed by atoms with E-state index in [0.29, 0.717) is 10.2 Å². The van der Waals surface area contributed by atoms with Gasteiger partial charge in [-0.25, -0.2) is 0 Å². The average molecular weight is 282 g/mol. The number of benzene rings is 1. The largest absolute Gasteiger partial charge is 0.497 e. The van der Waals surface area contributed by atoms with Gasteiger partial charge in [0.05, 0.1) is 11.6 Å². The SMILES string of the molecule is COc1ccc(OS(N)(=O)=O)c(Br)c1. The predicted octanol–water partition coefficient (Wildman–Crippen LogP) is 1.04. The van der Waals surface area contributed by atoms with Crippen molar-refractivity contribution in [1.29, 1.82) is 0 Å². The molecule has 14 heavy (non-hydrogen) atoms. The van der Waals surface area contributed by atoms with Gasteiger partial charge in [-0.2, -0.15) is 13.6 Å². The first-order valence-corrected chi connectivity index (χ1v) is 5.74. The fraction of sp³-hybridized carbons (Fsp3) is 0.143. The Labute approximate surface area is 90.2 Å². The van der Waals surface area contributed by atoms with Crippen LogP contribution in [0.2, 0.25) is 0 Å². The van der Waals surface area contributed by atoms with Crippen molar-refractivity contribution in [2.24, 2.45) is 5.14 Å². The van der Waals surface area contributed by atoms with E-state index in [1.807, 2.05) is 0 Å². The zero-order valence-electron chi connectivity index (χ0n) is 7.23. The van der Waals surface area contributed by atoms with Crippen molar-refractivity contribution < 1.29 is 17.3 Å². The molecule has 0 atom stereocenters. The van der Waals surface area contributed by atoms with Crippen molar-refractivity contribution in [3.8, 4) is 11.5 Å². The zero-order valence-corrected chi connectivity index (χ0v) is 9.63. The molecule has 1 rings (SSSR count). The van der Waals surface area contributed by atoms with Crippen molar-refractivity contribution in [3.63, 3.8) is 0 Å². The molecule has 0 saturated heterocycles. The lowest BCUT2D eigenvalue weighted by Crippen LogP contribution is -2.19. The summed E-state index contributed by atoms with van der Waals surface area (Å²) in [5, 5.41) is 4.70. The first-order valence-electron chi connectivity index (χ1n) is 3.48. The van der Waals surface area contributed by atoms with Crippen LogP contribution < -0.4 is 14.1 Å². The predicted molar refractivity (Wildman–Crippen MR) is 54.4 cm³/mol. The van der Waals surface area contributed by atoms with Crippen LogP contribution in [-0.4, -0.2) is 15.5 Å². The maximum absolute atomic E-state index is 10.6. The van der Waals surface area contributed by atoms with Gasteiger partial charge in [-0.3, -0.25) is 0 Å². The highest BCUT2D eigenvalue weighted by Crippen LogP contribution is 2.29. The van der Waals surface area contributed by atoms with Crippen LogP contribution in [0.25, 0.3) is 0 Å². The molecule has 0 aliphatic heterocycles. The van der Waals surface area contributed by atoms with Gasteiger partial charge < -0.3 is 8.92 Å². The Balaban J connectivity index is 3.01. The number of nitrogens with two attached hydrogens (primary N) is 1.